The van der Waals surface area contributed by atoms with Gasteiger partial charge in [-0.05, 0) is 41.6 Å². The summed E-state index contributed by atoms with van der Waals surface area (Å²) >= 11 is 0. The van der Waals surface area contributed by atoms with Crippen LogP contribution in [0.15, 0.2) is 48.6 Å². The van der Waals surface area contributed by atoms with Crippen molar-refractivity contribution < 1.29 is 4.43 Å². The molecule has 22 heavy (non-hydrogen) atoms. The highest BCUT2D eigenvalue weighted by molar-refractivity contribution is 6.73. The van der Waals surface area contributed by atoms with Crippen LogP contribution >= 0.6 is 0 Å². The Hall–Kier alpha value is -1.12. The summed E-state index contributed by atoms with van der Waals surface area (Å²) in [5.41, 5.74) is 2.63. The topological polar surface area (TPSA) is 9.23 Å². The lowest BCUT2D eigenvalue weighted by Crippen LogP contribution is -2.41. The van der Waals surface area contributed by atoms with Crippen LogP contribution in [0, 0.1) is 5.92 Å². The van der Waals surface area contributed by atoms with Crippen molar-refractivity contribution in [3.05, 3.63) is 54.1 Å². The molecule has 0 N–H and O–H groups in total. The largest absolute Gasteiger partial charge is 0.413 e. The quantitative estimate of drug-likeness (QED) is 0.580. The van der Waals surface area contributed by atoms with Gasteiger partial charge in [0.1, 0.15) is 0 Å². The molecule has 0 aromatic heterocycles. The fraction of sp³-hybridized carbons (Fsp3) is 0.500. The fourth-order valence-electron chi connectivity index (χ4n) is 3.23. The standard InChI is InChI=1S/C20H30OSi/c1-5-22(6-2,7-3)21-20-16-15-19(14-13-17(20)4)18-11-9-8-10-12-18/h8-15,17,20H,5-7,16H2,1-4H3/t17-,20-/m1/s1. The molecule has 0 heterocycles. The summed E-state index contributed by atoms with van der Waals surface area (Å²) in [6.07, 6.45) is 8.32. The lowest BCUT2D eigenvalue weighted by atomic mass is 10.0. The van der Waals surface area contributed by atoms with E-state index in [4.69, 9.17) is 4.43 Å². The SMILES string of the molecule is CC[Si](CC)(CC)O[C@@H]1CC=C(c2ccccc2)C=C[C@H]1C. The lowest BCUT2D eigenvalue weighted by Gasteiger charge is -2.34. The predicted octanol–water partition coefficient (Wildman–Crippen LogP) is 6.06. The Morgan fingerprint density at radius 2 is 1.68 bits per heavy atom. The predicted molar refractivity (Wildman–Crippen MR) is 99.4 cm³/mol. The maximum Gasteiger partial charge on any atom is 0.192 e. The van der Waals surface area contributed by atoms with E-state index >= 15 is 0 Å². The monoisotopic (exact) mass is 314 g/mol. The summed E-state index contributed by atoms with van der Waals surface area (Å²) in [6.45, 7) is 9.22. The van der Waals surface area contributed by atoms with E-state index in [9.17, 15) is 0 Å². The van der Waals surface area contributed by atoms with Gasteiger partial charge in [-0.1, -0.05) is 76.3 Å². The van der Waals surface area contributed by atoms with Crippen molar-refractivity contribution in [3.63, 3.8) is 0 Å². The molecule has 1 aliphatic rings. The van der Waals surface area contributed by atoms with Crippen LogP contribution in [0.1, 0.15) is 39.7 Å². The minimum Gasteiger partial charge on any atom is -0.413 e. The van der Waals surface area contributed by atoms with Crippen LogP contribution in [-0.2, 0) is 4.43 Å². The zero-order valence-corrected chi connectivity index (χ0v) is 15.5. The van der Waals surface area contributed by atoms with Crippen LogP contribution < -0.4 is 0 Å². The summed E-state index contributed by atoms with van der Waals surface area (Å²) in [4.78, 5) is 0. The van der Waals surface area contributed by atoms with Crippen LogP contribution in [-0.4, -0.2) is 14.4 Å². The first kappa shape index (κ1) is 17.2. The Morgan fingerprint density at radius 1 is 1.05 bits per heavy atom. The summed E-state index contributed by atoms with van der Waals surface area (Å²) in [7, 11) is -1.53. The van der Waals surface area contributed by atoms with E-state index in [0.717, 1.165) is 6.42 Å². The number of hydrogen-bond donors (Lipinski definition) is 0. The molecular weight excluding hydrogens is 284 g/mol. The second-order valence-corrected chi connectivity index (χ2v) is 11.1. The minimum atomic E-state index is -1.53. The molecule has 2 atom stereocenters. The Morgan fingerprint density at radius 3 is 2.27 bits per heavy atom. The Bertz CT molecular complexity index is 506. The van der Waals surface area contributed by atoms with Gasteiger partial charge in [-0.3, -0.25) is 0 Å². The van der Waals surface area contributed by atoms with Crippen molar-refractivity contribution >= 4 is 13.9 Å². The molecule has 0 saturated carbocycles. The molecule has 1 aromatic carbocycles. The molecule has 1 aliphatic carbocycles. The molecule has 0 aliphatic heterocycles. The van der Waals surface area contributed by atoms with Crippen LogP contribution in [0.4, 0.5) is 0 Å². The number of hydrogen-bond acceptors (Lipinski definition) is 1. The molecule has 2 heteroatoms. The minimum absolute atomic E-state index is 0.337. The zero-order valence-electron chi connectivity index (χ0n) is 14.5. The van der Waals surface area contributed by atoms with E-state index in [1.165, 1.54) is 29.3 Å². The molecule has 1 aromatic rings. The van der Waals surface area contributed by atoms with Crippen molar-refractivity contribution in [2.75, 3.05) is 0 Å². The fourth-order valence-corrected chi connectivity index (χ4v) is 6.18. The van der Waals surface area contributed by atoms with Gasteiger partial charge in [0.05, 0.1) is 6.10 Å². The van der Waals surface area contributed by atoms with Crippen LogP contribution in [0.5, 0.6) is 0 Å². The van der Waals surface area contributed by atoms with Crippen molar-refractivity contribution in [3.8, 4) is 0 Å². The molecule has 1 nitrogen and oxygen atoms in total. The normalized spacial score (nSPS) is 22.3. The molecule has 0 saturated heterocycles. The third kappa shape index (κ3) is 3.99. The first-order chi connectivity index (χ1) is 10.6. The highest BCUT2D eigenvalue weighted by atomic mass is 28.4. The molecule has 120 valence electrons. The van der Waals surface area contributed by atoms with Crippen molar-refractivity contribution in [2.45, 2.75) is 58.4 Å². The third-order valence-corrected chi connectivity index (χ3v) is 9.85. The van der Waals surface area contributed by atoms with Crippen LogP contribution in [0.2, 0.25) is 18.1 Å². The maximum atomic E-state index is 6.75. The summed E-state index contributed by atoms with van der Waals surface area (Å²) in [5.74, 6) is 0.481. The average molecular weight is 315 g/mol. The van der Waals surface area contributed by atoms with Gasteiger partial charge >= 0.3 is 0 Å². The summed E-state index contributed by atoms with van der Waals surface area (Å²) in [5, 5.41) is 0. The highest BCUT2D eigenvalue weighted by Gasteiger charge is 2.33. The van der Waals surface area contributed by atoms with Gasteiger partial charge < -0.3 is 4.43 Å². The Kier molecular flexibility index (Phi) is 6.22. The average Bonchev–Trinajstić information content (AvgIpc) is 2.76. The number of rotatable bonds is 6. The molecule has 2 rings (SSSR count). The van der Waals surface area contributed by atoms with Gasteiger partial charge in [-0.2, -0.15) is 0 Å². The van der Waals surface area contributed by atoms with E-state index in [1.807, 2.05) is 0 Å². The zero-order chi connectivity index (χ0) is 16.0. The van der Waals surface area contributed by atoms with Crippen molar-refractivity contribution in [1.82, 2.24) is 0 Å². The molecule has 0 spiro atoms. The maximum absolute atomic E-state index is 6.75. The lowest BCUT2D eigenvalue weighted by molar-refractivity contribution is 0.154. The molecule has 0 amide bonds. The summed E-state index contributed by atoms with van der Waals surface area (Å²) in [6, 6.07) is 14.3. The van der Waals surface area contributed by atoms with Gasteiger partial charge in [-0.15, -0.1) is 0 Å². The van der Waals surface area contributed by atoms with E-state index < -0.39 is 8.32 Å². The molecule has 0 unspecified atom stereocenters. The van der Waals surface area contributed by atoms with Gasteiger partial charge in [0.2, 0.25) is 0 Å². The third-order valence-electron chi connectivity index (χ3n) is 5.18. The first-order valence-corrected chi connectivity index (χ1v) is 11.3. The highest BCUT2D eigenvalue weighted by Crippen LogP contribution is 2.31. The van der Waals surface area contributed by atoms with Crippen LogP contribution in [0.3, 0.4) is 0 Å². The van der Waals surface area contributed by atoms with Gasteiger partial charge in [0.15, 0.2) is 8.32 Å². The molecular formula is C20H30OSi. The van der Waals surface area contributed by atoms with Gasteiger partial charge in [0.25, 0.3) is 0 Å². The second-order valence-electron chi connectivity index (χ2n) is 6.38. The van der Waals surface area contributed by atoms with E-state index in [-0.39, 0.29) is 0 Å². The van der Waals surface area contributed by atoms with E-state index in [0.29, 0.717) is 12.0 Å². The van der Waals surface area contributed by atoms with Crippen molar-refractivity contribution in [1.29, 1.82) is 0 Å². The number of allylic oxidation sites excluding steroid dienone is 2. The van der Waals surface area contributed by atoms with E-state index in [2.05, 4.69) is 76.3 Å². The Balaban J connectivity index is 2.16. The molecule has 0 fully saturated rings. The molecule has 0 bridgehead atoms. The van der Waals surface area contributed by atoms with E-state index in [1.54, 1.807) is 0 Å². The number of benzene rings is 1. The summed E-state index contributed by atoms with van der Waals surface area (Å²) < 4.78 is 6.75. The molecule has 0 radical (unpaired) electrons. The smallest absolute Gasteiger partial charge is 0.192 e. The Labute approximate surface area is 137 Å². The van der Waals surface area contributed by atoms with Crippen molar-refractivity contribution in [2.24, 2.45) is 5.92 Å². The van der Waals surface area contributed by atoms with Gasteiger partial charge in [0, 0.05) is 0 Å². The van der Waals surface area contributed by atoms with Gasteiger partial charge in [-0.25, -0.2) is 0 Å². The second kappa shape index (κ2) is 7.93. The first-order valence-electron chi connectivity index (χ1n) is 8.75. The van der Waals surface area contributed by atoms with Crippen LogP contribution in [0.25, 0.3) is 5.57 Å².